The number of rotatable bonds is 5. The molecule has 18 heavy (non-hydrogen) atoms. The first-order valence-corrected chi connectivity index (χ1v) is 6.85. The van der Waals surface area contributed by atoms with Crippen LogP contribution in [0, 0.1) is 0 Å². The second-order valence-electron chi connectivity index (χ2n) is 3.99. The van der Waals surface area contributed by atoms with Crippen LogP contribution in [0.25, 0.3) is 0 Å². The highest BCUT2D eigenvalue weighted by Gasteiger charge is 2.09. The summed E-state index contributed by atoms with van der Waals surface area (Å²) in [4.78, 5) is 12.7. The fourth-order valence-corrected chi connectivity index (χ4v) is 1.64. The maximum Gasteiger partial charge on any atom is 0.229 e. The van der Waals surface area contributed by atoms with Gasteiger partial charge in [-0.05, 0) is 12.3 Å². The predicted octanol–water partition coefficient (Wildman–Crippen LogP) is 2.32. The van der Waals surface area contributed by atoms with Crippen molar-refractivity contribution in [1.82, 2.24) is 20.1 Å². The molecule has 0 radical (unpaired) electrons. The minimum Gasteiger partial charge on any atom is -0.362 e. The van der Waals surface area contributed by atoms with Gasteiger partial charge in [-0.25, -0.2) is 9.97 Å². The van der Waals surface area contributed by atoms with E-state index < -0.39 is 0 Å². The average molecular weight is 265 g/mol. The molecule has 0 saturated carbocycles. The van der Waals surface area contributed by atoms with E-state index in [9.17, 15) is 0 Å². The summed E-state index contributed by atoms with van der Waals surface area (Å²) in [6.45, 7) is 4.51. The van der Waals surface area contributed by atoms with Crippen molar-refractivity contribution < 1.29 is 4.52 Å². The zero-order chi connectivity index (χ0) is 13.0. The highest BCUT2D eigenvalue weighted by molar-refractivity contribution is 7.98. The molecule has 0 aromatic carbocycles. The fourth-order valence-electron chi connectivity index (χ4n) is 1.28. The molecule has 6 nitrogen and oxygen atoms in total. The molecular weight excluding hydrogens is 250 g/mol. The van der Waals surface area contributed by atoms with Gasteiger partial charge in [0, 0.05) is 12.1 Å². The summed E-state index contributed by atoms with van der Waals surface area (Å²) in [6, 6.07) is 1.81. The lowest BCUT2D eigenvalue weighted by atomic mass is 10.2. The molecule has 2 heterocycles. The minimum absolute atomic E-state index is 0.244. The van der Waals surface area contributed by atoms with Gasteiger partial charge in [-0.3, -0.25) is 0 Å². The SMILES string of the molecule is CSc1nccc(NCc2noc(C(C)C)n2)n1. The number of hydrogen-bond acceptors (Lipinski definition) is 7. The first kappa shape index (κ1) is 12.8. The Morgan fingerprint density at radius 2 is 2.22 bits per heavy atom. The van der Waals surface area contributed by atoms with Crippen LogP contribution >= 0.6 is 11.8 Å². The molecule has 0 bridgehead atoms. The van der Waals surface area contributed by atoms with Crippen molar-refractivity contribution in [3.8, 4) is 0 Å². The second-order valence-corrected chi connectivity index (χ2v) is 4.76. The smallest absolute Gasteiger partial charge is 0.229 e. The van der Waals surface area contributed by atoms with E-state index in [2.05, 4.69) is 25.4 Å². The molecular formula is C11H15N5OS. The quantitative estimate of drug-likeness (QED) is 0.656. The Bertz CT molecular complexity index is 514. The van der Waals surface area contributed by atoms with Gasteiger partial charge in [0.2, 0.25) is 5.89 Å². The van der Waals surface area contributed by atoms with Crippen molar-refractivity contribution in [2.45, 2.75) is 31.5 Å². The molecule has 0 fully saturated rings. The molecule has 0 aliphatic heterocycles. The van der Waals surface area contributed by atoms with Crippen LogP contribution in [0.1, 0.15) is 31.5 Å². The third-order valence-electron chi connectivity index (χ3n) is 2.22. The van der Waals surface area contributed by atoms with E-state index in [4.69, 9.17) is 4.52 Å². The van der Waals surface area contributed by atoms with E-state index in [1.165, 1.54) is 11.8 Å². The van der Waals surface area contributed by atoms with Crippen LogP contribution in [0.4, 0.5) is 5.82 Å². The zero-order valence-electron chi connectivity index (χ0n) is 10.5. The number of anilines is 1. The third kappa shape index (κ3) is 3.19. The van der Waals surface area contributed by atoms with E-state index in [-0.39, 0.29) is 5.92 Å². The molecule has 1 N–H and O–H groups in total. The first-order valence-electron chi connectivity index (χ1n) is 5.62. The third-order valence-corrected chi connectivity index (χ3v) is 2.78. The summed E-state index contributed by atoms with van der Waals surface area (Å²) in [5.74, 6) is 2.28. The van der Waals surface area contributed by atoms with Crippen molar-refractivity contribution in [2.75, 3.05) is 11.6 Å². The largest absolute Gasteiger partial charge is 0.362 e. The van der Waals surface area contributed by atoms with Crippen LogP contribution < -0.4 is 5.32 Å². The molecule has 0 atom stereocenters. The van der Waals surface area contributed by atoms with E-state index in [1.807, 2.05) is 26.2 Å². The fraction of sp³-hybridized carbons (Fsp3) is 0.455. The molecule has 0 spiro atoms. The lowest BCUT2D eigenvalue weighted by Gasteiger charge is -2.02. The molecule has 0 aliphatic carbocycles. The van der Waals surface area contributed by atoms with Gasteiger partial charge in [0.1, 0.15) is 5.82 Å². The topological polar surface area (TPSA) is 76.7 Å². The minimum atomic E-state index is 0.244. The van der Waals surface area contributed by atoms with Gasteiger partial charge in [0.05, 0.1) is 6.54 Å². The van der Waals surface area contributed by atoms with Crippen LogP contribution in [0.15, 0.2) is 21.9 Å². The highest BCUT2D eigenvalue weighted by Crippen LogP contribution is 2.13. The zero-order valence-corrected chi connectivity index (χ0v) is 11.4. The summed E-state index contributed by atoms with van der Waals surface area (Å²) in [6.07, 6.45) is 3.66. The maximum absolute atomic E-state index is 5.12. The molecule has 7 heteroatoms. The van der Waals surface area contributed by atoms with Gasteiger partial charge in [0.25, 0.3) is 0 Å². The number of thioether (sulfide) groups is 1. The summed E-state index contributed by atoms with van der Waals surface area (Å²) in [7, 11) is 0. The molecule has 2 aromatic rings. The van der Waals surface area contributed by atoms with Gasteiger partial charge in [0.15, 0.2) is 11.0 Å². The average Bonchev–Trinajstić information content (AvgIpc) is 2.85. The van der Waals surface area contributed by atoms with E-state index >= 15 is 0 Å². The van der Waals surface area contributed by atoms with Crippen molar-refractivity contribution in [3.05, 3.63) is 24.0 Å². The Morgan fingerprint density at radius 1 is 1.39 bits per heavy atom. The molecule has 2 aromatic heterocycles. The van der Waals surface area contributed by atoms with E-state index in [0.29, 0.717) is 18.3 Å². The summed E-state index contributed by atoms with van der Waals surface area (Å²) in [5, 5.41) is 7.77. The first-order chi connectivity index (χ1) is 8.69. The van der Waals surface area contributed by atoms with Crippen LogP contribution in [-0.4, -0.2) is 26.4 Å². The van der Waals surface area contributed by atoms with E-state index in [0.717, 1.165) is 11.0 Å². The number of aromatic nitrogens is 4. The van der Waals surface area contributed by atoms with Gasteiger partial charge in [-0.15, -0.1) is 0 Å². The Balaban J connectivity index is 1.97. The van der Waals surface area contributed by atoms with Crippen LogP contribution in [0.3, 0.4) is 0 Å². The molecule has 0 saturated heterocycles. The summed E-state index contributed by atoms with van der Waals surface area (Å²) < 4.78 is 5.12. The van der Waals surface area contributed by atoms with Crippen LogP contribution in [-0.2, 0) is 6.54 Å². The van der Waals surface area contributed by atoms with Gasteiger partial charge >= 0.3 is 0 Å². The number of nitrogens with one attached hydrogen (secondary N) is 1. The normalized spacial score (nSPS) is 10.9. The Kier molecular flexibility index (Phi) is 4.14. The van der Waals surface area contributed by atoms with Crippen LogP contribution in [0.5, 0.6) is 0 Å². The molecule has 2 rings (SSSR count). The predicted molar refractivity (Wildman–Crippen MR) is 69.5 cm³/mol. The van der Waals surface area contributed by atoms with Crippen molar-refractivity contribution >= 4 is 17.6 Å². The lowest BCUT2D eigenvalue weighted by Crippen LogP contribution is -2.04. The molecule has 0 aliphatic rings. The molecule has 0 unspecified atom stereocenters. The maximum atomic E-state index is 5.12. The van der Waals surface area contributed by atoms with Crippen molar-refractivity contribution in [3.63, 3.8) is 0 Å². The standard InChI is InChI=1S/C11H15N5OS/c1-7(2)10-14-9(16-17-10)6-13-8-4-5-12-11(15-8)18-3/h4-5,7H,6H2,1-3H3,(H,12,13,15). The Morgan fingerprint density at radius 3 is 2.89 bits per heavy atom. The molecule has 0 amide bonds. The summed E-state index contributed by atoms with van der Waals surface area (Å²) in [5.41, 5.74) is 0. The summed E-state index contributed by atoms with van der Waals surface area (Å²) >= 11 is 1.50. The van der Waals surface area contributed by atoms with Crippen molar-refractivity contribution in [1.29, 1.82) is 0 Å². The second kappa shape index (κ2) is 5.81. The molecule has 96 valence electrons. The lowest BCUT2D eigenvalue weighted by molar-refractivity contribution is 0.361. The number of hydrogen-bond donors (Lipinski definition) is 1. The van der Waals surface area contributed by atoms with E-state index in [1.54, 1.807) is 6.20 Å². The highest BCUT2D eigenvalue weighted by atomic mass is 32.2. The van der Waals surface area contributed by atoms with Crippen LogP contribution in [0.2, 0.25) is 0 Å². The monoisotopic (exact) mass is 265 g/mol. The number of nitrogens with zero attached hydrogens (tertiary/aromatic N) is 4. The van der Waals surface area contributed by atoms with Gasteiger partial charge in [-0.1, -0.05) is 30.8 Å². The van der Waals surface area contributed by atoms with Gasteiger partial charge in [-0.2, -0.15) is 4.98 Å². The van der Waals surface area contributed by atoms with Crippen molar-refractivity contribution in [2.24, 2.45) is 0 Å². The Hall–Kier alpha value is -1.63. The Labute approximate surface area is 110 Å². The van der Waals surface area contributed by atoms with Gasteiger partial charge < -0.3 is 9.84 Å².